The van der Waals surface area contributed by atoms with Gasteiger partial charge < -0.3 is 14.8 Å². The van der Waals surface area contributed by atoms with Crippen LogP contribution in [-0.4, -0.2) is 36.7 Å². The van der Waals surface area contributed by atoms with Gasteiger partial charge in [-0.05, 0) is 31.4 Å². The van der Waals surface area contributed by atoms with Gasteiger partial charge in [0.05, 0.1) is 11.7 Å². The summed E-state index contributed by atoms with van der Waals surface area (Å²) in [5.41, 5.74) is 0.245. The Morgan fingerprint density at radius 1 is 1.43 bits per heavy atom. The first-order chi connectivity index (χ1) is 10.1. The largest absolute Gasteiger partial charge is 0.445 e. The maximum Gasteiger partial charge on any atom is 0.339 e. The van der Waals surface area contributed by atoms with E-state index >= 15 is 0 Å². The summed E-state index contributed by atoms with van der Waals surface area (Å²) in [7, 11) is 0. The molecule has 1 aromatic carbocycles. The van der Waals surface area contributed by atoms with Crippen LogP contribution in [0.25, 0.3) is 0 Å². The van der Waals surface area contributed by atoms with Crippen LogP contribution in [0, 0.1) is 0 Å². The number of rotatable bonds is 3. The summed E-state index contributed by atoms with van der Waals surface area (Å²) in [6, 6.07) is 7.24. The van der Waals surface area contributed by atoms with Gasteiger partial charge in [-0.3, -0.25) is 4.79 Å². The summed E-state index contributed by atoms with van der Waals surface area (Å²) < 4.78 is 10.9. The molecule has 1 N–H and O–H groups in total. The highest BCUT2D eigenvalue weighted by Gasteiger charge is 2.42. The Bertz CT molecular complexity index is 565. The first kappa shape index (κ1) is 14.1. The molecule has 3 rings (SSSR count). The normalized spacial score (nSPS) is 27.9. The lowest BCUT2D eigenvalue weighted by Gasteiger charge is -2.33. The zero-order valence-electron chi connectivity index (χ0n) is 12.1. The summed E-state index contributed by atoms with van der Waals surface area (Å²) in [6.07, 6.45) is 2.45. The van der Waals surface area contributed by atoms with E-state index < -0.39 is 11.6 Å². The van der Waals surface area contributed by atoms with Gasteiger partial charge in [-0.1, -0.05) is 18.2 Å². The van der Waals surface area contributed by atoms with Gasteiger partial charge in [0.2, 0.25) is 0 Å². The Hall–Kier alpha value is -1.88. The van der Waals surface area contributed by atoms with Crippen LogP contribution in [0.2, 0.25) is 0 Å². The van der Waals surface area contributed by atoms with E-state index in [-0.39, 0.29) is 12.0 Å². The predicted molar refractivity (Wildman–Crippen MR) is 76.0 cm³/mol. The fraction of sp³-hybridized carbons (Fsp3) is 0.500. The van der Waals surface area contributed by atoms with Gasteiger partial charge in [0, 0.05) is 19.6 Å². The second-order valence-electron chi connectivity index (χ2n) is 5.80. The van der Waals surface area contributed by atoms with Crippen LogP contribution in [0.5, 0.6) is 0 Å². The molecular weight excluding hydrogens is 270 g/mol. The molecule has 5 heteroatoms. The number of hydrogen-bond donors (Lipinski definition) is 1. The van der Waals surface area contributed by atoms with Crippen LogP contribution in [0.3, 0.4) is 0 Å². The van der Waals surface area contributed by atoms with Gasteiger partial charge in [0.25, 0.3) is 5.91 Å². The zero-order chi connectivity index (χ0) is 14.9. The molecule has 0 radical (unpaired) electrons. The SMILES string of the molecule is C[C@@]1(C(=O)NC[C@H]2CCCO2)Cc2ccccc2C(=O)O1. The predicted octanol–water partition coefficient (Wildman–Crippen LogP) is 1.45. The van der Waals surface area contributed by atoms with Crippen LogP contribution in [0.15, 0.2) is 24.3 Å². The van der Waals surface area contributed by atoms with Crippen molar-refractivity contribution in [3.63, 3.8) is 0 Å². The number of carbonyl (C=O) groups is 2. The number of cyclic esters (lactones) is 1. The van der Waals surface area contributed by atoms with Crippen molar-refractivity contribution in [2.24, 2.45) is 0 Å². The van der Waals surface area contributed by atoms with E-state index in [9.17, 15) is 9.59 Å². The smallest absolute Gasteiger partial charge is 0.339 e. The van der Waals surface area contributed by atoms with Gasteiger partial charge >= 0.3 is 5.97 Å². The van der Waals surface area contributed by atoms with E-state index in [1.165, 1.54) is 0 Å². The molecule has 5 nitrogen and oxygen atoms in total. The minimum atomic E-state index is -1.15. The molecule has 0 saturated carbocycles. The molecule has 2 heterocycles. The van der Waals surface area contributed by atoms with Crippen LogP contribution in [0.1, 0.15) is 35.7 Å². The molecule has 0 aromatic heterocycles. The Labute approximate surface area is 123 Å². The van der Waals surface area contributed by atoms with Crippen molar-refractivity contribution in [1.29, 1.82) is 0 Å². The number of carbonyl (C=O) groups excluding carboxylic acids is 2. The number of ether oxygens (including phenoxy) is 2. The number of fused-ring (bicyclic) bond motifs is 1. The number of hydrogen-bond acceptors (Lipinski definition) is 4. The zero-order valence-corrected chi connectivity index (χ0v) is 12.1. The molecule has 0 unspecified atom stereocenters. The molecule has 21 heavy (non-hydrogen) atoms. The van der Waals surface area contributed by atoms with Crippen LogP contribution >= 0.6 is 0 Å². The lowest BCUT2D eigenvalue weighted by Crippen LogP contribution is -2.52. The fourth-order valence-corrected chi connectivity index (χ4v) is 2.86. The third-order valence-electron chi connectivity index (χ3n) is 4.08. The minimum absolute atomic E-state index is 0.0733. The van der Waals surface area contributed by atoms with Gasteiger partial charge in [-0.15, -0.1) is 0 Å². The third-order valence-corrected chi connectivity index (χ3v) is 4.08. The molecule has 2 atom stereocenters. The average Bonchev–Trinajstić information content (AvgIpc) is 2.98. The third kappa shape index (κ3) is 2.78. The van der Waals surface area contributed by atoms with E-state index in [0.717, 1.165) is 25.0 Å². The maximum atomic E-state index is 12.4. The first-order valence-electron chi connectivity index (χ1n) is 7.30. The minimum Gasteiger partial charge on any atom is -0.445 e. The quantitative estimate of drug-likeness (QED) is 0.856. The molecule has 0 aliphatic carbocycles. The lowest BCUT2D eigenvalue weighted by atomic mass is 9.89. The van der Waals surface area contributed by atoms with Crippen molar-refractivity contribution >= 4 is 11.9 Å². The topological polar surface area (TPSA) is 64.6 Å². The van der Waals surface area contributed by atoms with E-state index in [4.69, 9.17) is 9.47 Å². The van der Waals surface area contributed by atoms with E-state index in [2.05, 4.69) is 5.32 Å². The van der Waals surface area contributed by atoms with E-state index in [1.807, 2.05) is 12.1 Å². The molecule has 112 valence electrons. The van der Waals surface area contributed by atoms with E-state index in [1.54, 1.807) is 19.1 Å². The number of nitrogens with one attached hydrogen (secondary N) is 1. The van der Waals surface area contributed by atoms with Crippen molar-refractivity contribution in [1.82, 2.24) is 5.32 Å². The summed E-state index contributed by atoms with van der Waals surface area (Å²) in [5.74, 6) is -0.701. The Morgan fingerprint density at radius 2 is 2.24 bits per heavy atom. The Kier molecular flexibility index (Phi) is 3.68. The first-order valence-corrected chi connectivity index (χ1v) is 7.30. The van der Waals surface area contributed by atoms with Crippen molar-refractivity contribution in [2.75, 3.05) is 13.2 Å². The van der Waals surface area contributed by atoms with Gasteiger partial charge in [-0.25, -0.2) is 4.79 Å². The van der Waals surface area contributed by atoms with Crippen molar-refractivity contribution in [3.05, 3.63) is 35.4 Å². The Balaban J connectivity index is 1.69. The second kappa shape index (κ2) is 5.48. The fourth-order valence-electron chi connectivity index (χ4n) is 2.86. The molecule has 0 bridgehead atoms. The summed E-state index contributed by atoms with van der Waals surface area (Å²) >= 11 is 0. The number of benzene rings is 1. The summed E-state index contributed by atoms with van der Waals surface area (Å²) in [4.78, 5) is 24.4. The van der Waals surface area contributed by atoms with Crippen molar-refractivity contribution in [2.45, 2.75) is 37.9 Å². The molecule has 2 aliphatic rings. The van der Waals surface area contributed by atoms with Gasteiger partial charge in [0.1, 0.15) is 0 Å². The molecule has 1 saturated heterocycles. The van der Waals surface area contributed by atoms with Gasteiger partial charge in [-0.2, -0.15) is 0 Å². The highest BCUT2D eigenvalue weighted by molar-refractivity contribution is 5.97. The second-order valence-corrected chi connectivity index (χ2v) is 5.80. The van der Waals surface area contributed by atoms with Crippen LogP contribution in [0.4, 0.5) is 0 Å². The van der Waals surface area contributed by atoms with Crippen molar-refractivity contribution < 1.29 is 19.1 Å². The molecule has 1 aromatic rings. The Morgan fingerprint density at radius 3 is 3.00 bits per heavy atom. The van der Waals surface area contributed by atoms with Gasteiger partial charge in [0.15, 0.2) is 5.60 Å². The lowest BCUT2D eigenvalue weighted by molar-refractivity contribution is -0.140. The standard InChI is InChI=1S/C16H19NO4/c1-16(15(19)17-10-12-6-4-8-20-12)9-11-5-2-3-7-13(11)14(18)21-16/h2-3,5,7,12H,4,6,8-10H2,1H3,(H,17,19)/t12-,16+/m1/s1. The number of esters is 1. The summed E-state index contributed by atoms with van der Waals surface area (Å²) in [5, 5.41) is 2.85. The highest BCUT2D eigenvalue weighted by Crippen LogP contribution is 2.28. The monoisotopic (exact) mass is 289 g/mol. The highest BCUT2D eigenvalue weighted by atomic mass is 16.6. The average molecular weight is 289 g/mol. The van der Waals surface area contributed by atoms with Crippen LogP contribution in [-0.2, 0) is 20.7 Å². The molecule has 1 fully saturated rings. The molecule has 0 spiro atoms. The molecule has 1 amide bonds. The molecular formula is C16H19NO4. The molecule has 2 aliphatic heterocycles. The van der Waals surface area contributed by atoms with Crippen LogP contribution < -0.4 is 5.32 Å². The summed E-state index contributed by atoms with van der Waals surface area (Å²) in [6.45, 7) is 2.87. The maximum absolute atomic E-state index is 12.4. The van der Waals surface area contributed by atoms with E-state index in [0.29, 0.717) is 18.5 Å². The number of amides is 1. The van der Waals surface area contributed by atoms with Crippen molar-refractivity contribution in [3.8, 4) is 0 Å².